The summed E-state index contributed by atoms with van der Waals surface area (Å²) in [6, 6.07) is 12.0. The van der Waals surface area contributed by atoms with Gasteiger partial charge in [0.25, 0.3) is 5.91 Å². The Balaban J connectivity index is 1.90. The van der Waals surface area contributed by atoms with Gasteiger partial charge in [-0.25, -0.2) is 4.39 Å². The number of hydrogen-bond acceptors (Lipinski definition) is 3. The molecule has 0 saturated carbocycles. The molecule has 4 nitrogen and oxygen atoms in total. The number of halogens is 1. The maximum absolute atomic E-state index is 13.3. The topological polar surface area (TPSA) is 58.6 Å². The number of para-hydroxylation sites is 1. The average Bonchev–Trinajstić information content (AvgIpc) is 2.39. The minimum Gasteiger partial charge on any atom is -0.508 e. The van der Waals surface area contributed by atoms with Gasteiger partial charge in [-0.2, -0.15) is 0 Å². The van der Waals surface area contributed by atoms with Crippen molar-refractivity contribution in [1.29, 1.82) is 0 Å². The molecule has 0 bridgehead atoms. The highest BCUT2D eigenvalue weighted by Gasteiger charge is 2.07. The van der Waals surface area contributed by atoms with Crippen LogP contribution in [0, 0.1) is 5.82 Å². The van der Waals surface area contributed by atoms with Gasteiger partial charge in [-0.05, 0) is 24.3 Å². The summed E-state index contributed by atoms with van der Waals surface area (Å²) < 4.78 is 18.4. The van der Waals surface area contributed by atoms with Gasteiger partial charge in [-0.1, -0.05) is 18.2 Å². The van der Waals surface area contributed by atoms with Gasteiger partial charge >= 0.3 is 0 Å². The lowest BCUT2D eigenvalue weighted by Gasteiger charge is -2.08. The van der Waals surface area contributed by atoms with Crippen LogP contribution in [0.25, 0.3) is 0 Å². The Bertz CT molecular complexity index is 586. The van der Waals surface area contributed by atoms with Gasteiger partial charge in [0.05, 0.1) is 5.69 Å². The molecule has 0 aliphatic carbocycles. The van der Waals surface area contributed by atoms with Gasteiger partial charge in [-0.15, -0.1) is 0 Å². The van der Waals surface area contributed by atoms with E-state index in [9.17, 15) is 14.3 Å². The number of phenolic OH excluding ortho intramolecular Hbond substituents is 1. The van der Waals surface area contributed by atoms with E-state index in [2.05, 4.69) is 5.32 Å². The Morgan fingerprint density at radius 3 is 2.74 bits per heavy atom. The molecule has 5 heteroatoms. The zero-order chi connectivity index (χ0) is 13.7. The lowest BCUT2D eigenvalue weighted by atomic mass is 10.3. The van der Waals surface area contributed by atoms with Crippen LogP contribution in [0.1, 0.15) is 0 Å². The first kappa shape index (κ1) is 12.9. The zero-order valence-electron chi connectivity index (χ0n) is 9.97. The second kappa shape index (κ2) is 5.86. The van der Waals surface area contributed by atoms with Crippen LogP contribution in [0.4, 0.5) is 10.1 Å². The number of carbonyl (C=O) groups is 1. The van der Waals surface area contributed by atoms with Crippen LogP contribution in [0.2, 0.25) is 0 Å². The Kier molecular flexibility index (Phi) is 3.97. The SMILES string of the molecule is O=C(COc1cccc(O)c1)Nc1ccccc1F. The van der Waals surface area contributed by atoms with E-state index in [-0.39, 0.29) is 18.0 Å². The van der Waals surface area contributed by atoms with Crippen molar-refractivity contribution >= 4 is 11.6 Å². The van der Waals surface area contributed by atoms with Gasteiger partial charge < -0.3 is 15.2 Å². The van der Waals surface area contributed by atoms with Crippen molar-refractivity contribution in [3.8, 4) is 11.5 Å². The Labute approximate surface area is 109 Å². The molecule has 0 atom stereocenters. The molecule has 0 fully saturated rings. The first-order valence-corrected chi connectivity index (χ1v) is 5.61. The predicted octanol–water partition coefficient (Wildman–Crippen LogP) is 2.55. The number of carbonyl (C=O) groups excluding carboxylic acids is 1. The quantitative estimate of drug-likeness (QED) is 0.889. The Hall–Kier alpha value is -2.56. The molecular weight excluding hydrogens is 249 g/mol. The normalized spacial score (nSPS) is 9.95. The third-order valence-electron chi connectivity index (χ3n) is 2.34. The van der Waals surface area contributed by atoms with Gasteiger partial charge in [0, 0.05) is 6.07 Å². The molecule has 1 amide bonds. The smallest absolute Gasteiger partial charge is 0.262 e. The maximum Gasteiger partial charge on any atom is 0.262 e. The highest BCUT2D eigenvalue weighted by atomic mass is 19.1. The van der Waals surface area contributed by atoms with E-state index in [0.717, 1.165) is 0 Å². The summed E-state index contributed by atoms with van der Waals surface area (Å²) in [7, 11) is 0. The molecule has 0 saturated heterocycles. The molecule has 0 radical (unpaired) electrons. The molecule has 0 aliphatic rings. The van der Waals surface area contributed by atoms with Crippen molar-refractivity contribution in [2.75, 3.05) is 11.9 Å². The van der Waals surface area contributed by atoms with Crippen molar-refractivity contribution in [2.45, 2.75) is 0 Å². The summed E-state index contributed by atoms with van der Waals surface area (Å²) in [5.74, 6) is -0.572. The van der Waals surface area contributed by atoms with Crippen LogP contribution in [-0.2, 0) is 4.79 Å². The number of rotatable bonds is 4. The molecule has 2 aromatic carbocycles. The number of aromatic hydroxyl groups is 1. The third-order valence-corrected chi connectivity index (χ3v) is 2.34. The molecule has 0 unspecified atom stereocenters. The summed E-state index contributed by atoms with van der Waals surface area (Å²) in [5.41, 5.74) is 0.104. The Morgan fingerprint density at radius 1 is 1.21 bits per heavy atom. The fraction of sp³-hybridized carbons (Fsp3) is 0.0714. The monoisotopic (exact) mass is 261 g/mol. The molecule has 2 aromatic rings. The van der Waals surface area contributed by atoms with E-state index < -0.39 is 11.7 Å². The number of benzene rings is 2. The largest absolute Gasteiger partial charge is 0.508 e. The number of hydrogen-bond donors (Lipinski definition) is 2. The average molecular weight is 261 g/mol. The molecule has 0 aromatic heterocycles. The minimum absolute atomic E-state index is 0.0482. The number of ether oxygens (including phenoxy) is 1. The van der Waals surface area contributed by atoms with Crippen molar-refractivity contribution in [1.82, 2.24) is 0 Å². The summed E-state index contributed by atoms with van der Waals surface area (Å²) in [5, 5.41) is 11.6. The van der Waals surface area contributed by atoms with E-state index in [1.165, 1.54) is 30.3 Å². The van der Waals surface area contributed by atoms with Gasteiger partial charge in [0.15, 0.2) is 6.61 Å². The molecule has 98 valence electrons. The third kappa shape index (κ3) is 3.70. The number of amides is 1. The van der Waals surface area contributed by atoms with Gasteiger partial charge in [-0.3, -0.25) is 4.79 Å². The molecule has 0 spiro atoms. The van der Waals surface area contributed by atoms with Crippen LogP contribution >= 0.6 is 0 Å². The zero-order valence-corrected chi connectivity index (χ0v) is 9.97. The fourth-order valence-electron chi connectivity index (χ4n) is 1.47. The van der Waals surface area contributed by atoms with E-state index >= 15 is 0 Å². The molecular formula is C14H12FNO3. The lowest BCUT2D eigenvalue weighted by Crippen LogP contribution is -2.20. The van der Waals surface area contributed by atoms with Crippen molar-refractivity contribution < 1.29 is 19.0 Å². The summed E-state index contributed by atoms with van der Waals surface area (Å²) in [4.78, 5) is 11.6. The summed E-state index contributed by atoms with van der Waals surface area (Å²) in [6.45, 7) is -0.266. The van der Waals surface area contributed by atoms with Crippen LogP contribution < -0.4 is 10.1 Å². The minimum atomic E-state index is -0.506. The van der Waals surface area contributed by atoms with Crippen molar-refractivity contribution in [3.05, 3.63) is 54.3 Å². The van der Waals surface area contributed by atoms with Gasteiger partial charge in [0.1, 0.15) is 17.3 Å². The molecule has 2 rings (SSSR count). The van der Waals surface area contributed by atoms with Crippen molar-refractivity contribution in [3.63, 3.8) is 0 Å². The van der Waals surface area contributed by atoms with E-state index in [1.54, 1.807) is 18.2 Å². The molecule has 0 aliphatic heterocycles. The summed E-state index contributed by atoms with van der Waals surface area (Å²) in [6.07, 6.45) is 0. The predicted molar refractivity (Wildman–Crippen MR) is 68.6 cm³/mol. The first-order chi connectivity index (χ1) is 9.15. The standard InChI is InChI=1S/C14H12FNO3/c15-12-6-1-2-7-13(12)16-14(18)9-19-11-5-3-4-10(17)8-11/h1-8,17H,9H2,(H,16,18). The number of phenols is 1. The highest BCUT2D eigenvalue weighted by molar-refractivity contribution is 5.91. The highest BCUT2D eigenvalue weighted by Crippen LogP contribution is 2.17. The van der Waals surface area contributed by atoms with Crippen LogP contribution in [0.3, 0.4) is 0 Å². The Morgan fingerprint density at radius 2 is 2.00 bits per heavy atom. The number of nitrogens with one attached hydrogen (secondary N) is 1. The fourth-order valence-corrected chi connectivity index (χ4v) is 1.47. The van der Waals surface area contributed by atoms with Crippen LogP contribution in [-0.4, -0.2) is 17.6 Å². The molecule has 0 heterocycles. The second-order valence-electron chi connectivity index (χ2n) is 3.81. The first-order valence-electron chi connectivity index (χ1n) is 5.61. The molecule has 2 N–H and O–H groups in total. The molecule has 19 heavy (non-hydrogen) atoms. The van der Waals surface area contributed by atoms with Crippen LogP contribution in [0.15, 0.2) is 48.5 Å². The second-order valence-corrected chi connectivity index (χ2v) is 3.81. The lowest BCUT2D eigenvalue weighted by molar-refractivity contribution is -0.118. The van der Waals surface area contributed by atoms with Crippen LogP contribution in [0.5, 0.6) is 11.5 Å². The summed E-state index contributed by atoms with van der Waals surface area (Å²) >= 11 is 0. The van der Waals surface area contributed by atoms with Crippen molar-refractivity contribution in [2.24, 2.45) is 0 Å². The van der Waals surface area contributed by atoms with E-state index in [4.69, 9.17) is 4.74 Å². The maximum atomic E-state index is 13.3. The van der Waals surface area contributed by atoms with Gasteiger partial charge in [0.2, 0.25) is 0 Å². The van der Waals surface area contributed by atoms with E-state index in [1.807, 2.05) is 0 Å². The van der Waals surface area contributed by atoms with E-state index in [0.29, 0.717) is 5.75 Å². The number of anilines is 1.